The summed E-state index contributed by atoms with van der Waals surface area (Å²) in [6.07, 6.45) is 1.86. The van der Waals surface area contributed by atoms with Crippen LogP contribution in [0.2, 0.25) is 25.7 Å². The molecule has 98 valence electrons. The molecule has 2 aromatic rings. The third-order valence-corrected chi connectivity index (χ3v) is 4.82. The van der Waals surface area contributed by atoms with Crippen molar-refractivity contribution in [1.29, 1.82) is 0 Å². The van der Waals surface area contributed by atoms with E-state index in [1.54, 1.807) is 0 Å². The maximum atomic E-state index is 5.71. The highest BCUT2D eigenvalue weighted by molar-refractivity contribution is 7.80. The van der Waals surface area contributed by atoms with Gasteiger partial charge in [0.2, 0.25) is 0 Å². The number of hydrogen-bond acceptors (Lipinski definition) is 3. The van der Waals surface area contributed by atoms with E-state index in [1.807, 2.05) is 29.1 Å². The van der Waals surface area contributed by atoms with Gasteiger partial charge in [-0.25, -0.2) is 4.68 Å². The predicted molar refractivity (Wildman–Crippen MR) is 81.1 cm³/mol. The molecular weight excluding hydrogens is 260 g/mol. The van der Waals surface area contributed by atoms with E-state index in [4.69, 9.17) is 4.74 Å². The van der Waals surface area contributed by atoms with Gasteiger partial charge in [-0.2, -0.15) is 5.10 Å². The van der Waals surface area contributed by atoms with Gasteiger partial charge in [-0.1, -0.05) is 19.6 Å². The Kier molecular flexibility index (Phi) is 4.14. The van der Waals surface area contributed by atoms with Crippen LogP contribution in [0.25, 0.3) is 10.9 Å². The third kappa shape index (κ3) is 3.60. The monoisotopic (exact) mass is 280 g/mol. The number of hydrogen-bond donors (Lipinski definition) is 1. The van der Waals surface area contributed by atoms with Crippen molar-refractivity contribution in [3.63, 3.8) is 0 Å². The smallest absolute Gasteiger partial charge is 0.139 e. The van der Waals surface area contributed by atoms with Crippen LogP contribution < -0.4 is 0 Å². The lowest BCUT2D eigenvalue weighted by atomic mass is 10.2. The fourth-order valence-electron chi connectivity index (χ4n) is 1.71. The van der Waals surface area contributed by atoms with Crippen molar-refractivity contribution in [2.45, 2.75) is 37.3 Å². The zero-order valence-electron chi connectivity index (χ0n) is 11.2. The van der Waals surface area contributed by atoms with Crippen molar-refractivity contribution in [2.24, 2.45) is 0 Å². The van der Waals surface area contributed by atoms with Crippen LogP contribution in [0.15, 0.2) is 29.3 Å². The van der Waals surface area contributed by atoms with Gasteiger partial charge in [0, 0.05) is 25.0 Å². The molecule has 2 rings (SSSR count). The van der Waals surface area contributed by atoms with Gasteiger partial charge in [-0.05, 0) is 24.2 Å². The Morgan fingerprint density at radius 1 is 1.33 bits per heavy atom. The normalized spacial score (nSPS) is 12.2. The maximum absolute atomic E-state index is 5.71. The number of benzene rings is 1. The first-order chi connectivity index (χ1) is 8.46. The summed E-state index contributed by atoms with van der Waals surface area (Å²) in [7, 11) is -1.01. The highest BCUT2D eigenvalue weighted by atomic mass is 32.1. The minimum atomic E-state index is -1.01. The van der Waals surface area contributed by atoms with E-state index in [2.05, 4.69) is 37.4 Å². The van der Waals surface area contributed by atoms with Gasteiger partial charge in [0.05, 0.1) is 11.7 Å². The van der Waals surface area contributed by atoms with E-state index in [-0.39, 0.29) is 0 Å². The zero-order chi connectivity index (χ0) is 13.2. The SMILES string of the molecule is C[Si](C)(C)CCOCn1ncc2cc(S)ccc21. The predicted octanol–water partition coefficient (Wildman–Crippen LogP) is 3.64. The minimum absolute atomic E-state index is 0.528. The number of thiol groups is 1. The van der Waals surface area contributed by atoms with Crippen LogP contribution in [-0.2, 0) is 11.5 Å². The Morgan fingerprint density at radius 3 is 2.83 bits per heavy atom. The van der Waals surface area contributed by atoms with Gasteiger partial charge in [0.25, 0.3) is 0 Å². The molecule has 0 aliphatic heterocycles. The Hall–Kier alpha value is -0.783. The Labute approximate surface area is 115 Å². The number of aromatic nitrogens is 2. The first-order valence-electron chi connectivity index (χ1n) is 6.18. The van der Waals surface area contributed by atoms with E-state index in [1.165, 1.54) is 6.04 Å². The summed E-state index contributed by atoms with van der Waals surface area (Å²) in [4.78, 5) is 0.960. The van der Waals surface area contributed by atoms with Crippen molar-refractivity contribution < 1.29 is 4.74 Å². The second kappa shape index (κ2) is 5.46. The van der Waals surface area contributed by atoms with Gasteiger partial charge >= 0.3 is 0 Å². The Morgan fingerprint density at radius 2 is 2.11 bits per heavy atom. The van der Waals surface area contributed by atoms with Crippen molar-refractivity contribution in [1.82, 2.24) is 9.78 Å². The number of nitrogens with zero attached hydrogens (tertiary/aromatic N) is 2. The molecule has 0 bridgehead atoms. The summed E-state index contributed by atoms with van der Waals surface area (Å²) in [6.45, 7) is 8.41. The highest BCUT2D eigenvalue weighted by Crippen LogP contribution is 2.18. The molecule has 0 radical (unpaired) electrons. The van der Waals surface area contributed by atoms with Crippen LogP contribution in [0.3, 0.4) is 0 Å². The van der Waals surface area contributed by atoms with Crippen molar-refractivity contribution in [3.8, 4) is 0 Å². The van der Waals surface area contributed by atoms with Crippen LogP contribution >= 0.6 is 12.6 Å². The summed E-state index contributed by atoms with van der Waals surface area (Å²) >= 11 is 4.32. The lowest BCUT2D eigenvalue weighted by molar-refractivity contribution is 0.0817. The van der Waals surface area contributed by atoms with Crippen LogP contribution in [0.1, 0.15) is 0 Å². The van der Waals surface area contributed by atoms with Crippen molar-refractivity contribution in [2.75, 3.05) is 6.61 Å². The Balaban J connectivity index is 1.96. The standard InChI is InChI=1S/C13H20N2OSSi/c1-18(2,3)7-6-16-10-15-13-5-4-12(17)8-11(13)9-14-15/h4-5,8-9,17H,6-7,10H2,1-3H3. The average molecular weight is 280 g/mol. The van der Waals surface area contributed by atoms with Gasteiger partial charge < -0.3 is 4.74 Å². The molecule has 0 atom stereocenters. The molecule has 0 unspecified atom stereocenters. The molecule has 0 spiro atoms. The molecule has 1 aromatic heterocycles. The molecule has 0 aliphatic rings. The molecule has 0 saturated heterocycles. The van der Waals surface area contributed by atoms with E-state index in [0.717, 1.165) is 22.4 Å². The fraction of sp³-hybridized carbons (Fsp3) is 0.462. The van der Waals surface area contributed by atoms with Crippen LogP contribution in [0, 0.1) is 0 Å². The molecular formula is C13H20N2OSSi. The molecule has 1 aromatic carbocycles. The molecule has 1 heterocycles. The van der Waals surface area contributed by atoms with Gasteiger partial charge in [0.1, 0.15) is 6.73 Å². The van der Waals surface area contributed by atoms with Crippen LogP contribution in [0.4, 0.5) is 0 Å². The van der Waals surface area contributed by atoms with Gasteiger partial charge in [0.15, 0.2) is 0 Å². The molecule has 5 heteroatoms. The molecule has 0 N–H and O–H groups in total. The maximum Gasteiger partial charge on any atom is 0.139 e. The van der Waals surface area contributed by atoms with E-state index < -0.39 is 8.07 Å². The van der Waals surface area contributed by atoms with Gasteiger partial charge in [-0.15, -0.1) is 12.6 Å². The lowest BCUT2D eigenvalue weighted by Gasteiger charge is -2.15. The quantitative estimate of drug-likeness (QED) is 0.514. The topological polar surface area (TPSA) is 27.1 Å². The van der Waals surface area contributed by atoms with Gasteiger partial charge in [-0.3, -0.25) is 0 Å². The zero-order valence-corrected chi connectivity index (χ0v) is 13.1. The summed E-state index contributed by atoms with van der Waals surface area (Å²) in [5.41, 5.74) is 1.10. The number of fused-ring (bicyclic) bond motifs is 1. The van der Waals surface area contributed by atoms with Crippen molar-refractivity contribution in [3.05, 3.63) is 24.4 Å². The molecule has 0 amide bonds. The Bertz CT molecular complexity index is 533. The second-order valence-corrected chi connectivity index (χ2v) is 11.9. The molecule has 0 fully saturated rings. The average Bonchev–Trinajstić information content (AvgIpc) is 2.65. The largest absolute Gasteiger partial charge is 0.360 e. The summed E-state index contributed by atoms with van der Waals surface area (Å²) < 4.78 is 7.60. The minimum Gasteiger partial charge on any atom is -0.360 e. The van der Waals surface area contributed by atoms with Crippen LogP contribution in [0.5, 0.6) is 0 Å². The molecule has 3 nitrogen and oxygen atoms in total. The highest BCUT2D eigenvalue weighted by Gasteiger charge is 2.12. The van der Waals surface area contributed by atoms with E-state index in [9.17, 15) is 0 Å². The summed E-state index contributed by atoms with van der Waals surface area (Å²) in [5.74, 6) is 0. The van der Waals surface area contributed by atoms with E-state index >= 15 is 0 Å². The molecule has 18 heavy (non-hydrogen) atoms. The molecule has 0 aliphatic carbocycles. The van der Waals surface area contributed by atoms with Crippen molar-refractivity contribution >= 4 is 31.6 Å². The first kappa shape index (κ1) is 13.6. The summed E-state index contributed by atoms with van der Waals surface area (Å²) in [5, 5.41) is 5.45. The number of ether oxygens (including phenoxy) is 1. The first-order valence-corrected chi connectivity index (χ1v) is 10.3. The number of rotatable bonds is 5. The molecule has 0 saturated carbocycles. The fourth-order valence-corrected chi connectivity index (χ4v) is 2.68. The van der Waals surface area contributed by atoms with Crippen LogP contribution in [-0.4, -0.2) is 24.5 Å². The second-order valence-electron chi connectivity index (χ2n) is 5.74. The lowest BCUT2D eigenvalue weighted by Crippen LogP contribution is -2.22. The van der Waals surface area contributed by atoms with E-state index in [0.29, 0.717) is 6.73 Å². The summed E-state index contributed by atoms with van der Waals surface area (Å²) in [6, 6.07) is 7.22. The third-order valence-electron chi connectivity index (χ3n) is 2.84.